The molecular weight excluding hydrogens is 314 g/mol. The van der Waals surface area contributed by atoms with E-state index in [1.54, 1.807) is 24.9 Å². The first-order valence-corrected chi connectivity index (χ1v) is 8.20. The molecule has 0 bridgehead atoms. The topological polar surface area (TPSA) is 46.6 Å². The van der Waals surface area contributed by atoms with Crippen molar-refractivity contribution in [3.63, 3.8) is 0 Å². The summed E-state index contributed by atoms with van der Waals surface area (Å²) in [7, 11) is 1.70. The number of hydrogen-bond acceptors (Lipinski definition) is 3. The van der Waals surface area contributed by atoms with Gasteiger partial charge in [0, 0.05) is 19.7 Å². The molecule has 0 aliphatic rings. The van der Waals surface area contributed by atoms with Crippen LogP contribution in [0.1, 0.15) is 23.6 Å². The van der Waals surface area contributed by atoms with Crippen molar-refractivity contribution in [3.8, 4) is 0 Å². The lowest BCUT2D eigenvalue weighted by atomic mass is 10.1. The van der Waals surface area contributed by atoms with Gasteiger partial charge in [-0.1, -0.05) is 60.2 Å². The third kappa shape index (κ3) is 5.92. The van der Waals surface area contributed by atoms with Gasteiger partial charge < -0.3 is 9.64 Å². The zero-order valence-corrected chi connectivity index (χ0v) is 14.8. The molecule has 1 amide bonds. The molecule has 25 heavy (non-hydrogen) atoms. The fourth-order valence-corrected chi connectivity index (χ4v) is 2.35. The number of aryl methyl sites for hydroxylation is 1. The van der Waals surface area contributed by atoms with E-state index in [0.29, 0.717) is 6.54 Å². The highest BCUT2D eigenvalue weighted by molar-refractivity contribution is 5.90. The normalized spacial score (nSPS) is 12.0. The van der Waals surface area contributed by atoms with Crippen LogP contribution in [-0.2, 0) is 20.9 Å². The minimum Gasteiger partial charge on any atom is -0.449 e. The number of likely N-dealkylation sites (N-methyl/N-ethyl adjacent to an activating group) is 1. The van der Waals surface area contributed by atoms with Crippen LogP contribution in [0.4, 0.5) is 0 Å². The first-order chi connectivity index (χ1) is 12.0. The van der Waals surface area contributed by atoms with Gasteiger partial charge in [0.2, 0.25) is 0 Å². The molecule has 130 valence electrons. The third-order valence-electron chi connectivity index (χ3n) is 3.77. The summed E-state index contributed by atoms with van der Waals surface area (Å²) < 4.78 is 5.20. The smallest absolute Gasteiger partial charge is 0.331 e. The van der Waals surface area contributed by atoms with Gasteiger partial charge in [0.25, 0.3) is 5.91 Å². The van der Waals surface area contributed by atoms with E-state index >= 15 is 0 Å². The predicted molar refractivity (Wildman–Crippen MR) is 98.7 cm³/mol. The maximum absolute atomic E-state index is 12.3. The van der Waals surface area contributed by atoms with Crippen LogP contribution in [0.25, 0.3) is 6.08 Å². The molecule has 0 heterocycles. The lowest BCUT2D eigenvalue weighted by Gasteiger charge is -2.21. The van der Waals surface area contributed by atoms with E-state index < -0.39 is 12.1 Å². The Morgan fingerprint density at radius 1 is 1.08 bits per heavy atom. The van der Waals surface area contributed by atoms with Gasteiger partial charge in [-0.05, 0) is 31.1 Å². The summed E-state index contributed by atoms with van der Waals surface area (Å²) in [6.45, 7) is 4.06. The second-order valence-corrected chi connectivity index (χ2v) is 6.00. The molecular formula is C21H23NO3. The Bertz CT molecular complexity index is 735. The van der Waals surface area contributed by atoms with Crippen molar-refractivity contribution in [3.05, 3.63) is 77.4 Å². The van der Waals surface area contributed by atoms with E-state index in [-0.39, 0.29) is 5.91 Å². The van der Waals surface area contributed by atoms with Gasteiger partial charge in [-0.2, -0.15) is 0 Å². The maximum Gasteiger partial charge on any atom is 0.331 e. The number of rotatable bonds is 6. The van der Waals surface area contributed by atoms with E-state index in [1.165, 1.54) is 6.08 Å². The first kappa shape index (κ1) is 18.5. The summed E-state index contributed by atoms with van der Waals surface area (Å²) in [5.41, 5.74) is 3.08. The molecule has 0 saturated carbocycles. The van der Waals surface area contributed by atoms with Crippen LogP contribution >= 0.6 is 0 Å². The summed E-state index contributed by atoms with van der Waals surface area (Å²) >= 11 is 0. The minimum atomic E-state index is -0.830. The molecule has 4 heteroatoms. The average Bonchev–Trinajstić information content (AvgIpc) is 2.61. The van der Waals surface area contributed by atoms with Crippen LogP contribution in [0.5, 0.6) is 0 Å². The Morgan fingerprint density at radius 3 is 2.36 bits per heavy atom. The zero-order valence-electron chi connectivity index (χ0n) is 14.8. The summed E-state index contributed by atoms with van der Waals surface area (Å²) in [5, 5.41) is 0. The number of ether oxygens (including phenoxy) is 1. The van der Waals surface area contributed by atoms with Crippen LogP contribution in [0.15, 0.2) is 60.7 Å². The number of nitrogens with zero attached hydrogens (tertiary/aromatic N) is 1. The highest BCUT2D eigenvalue weighted by Crippen LogP contribution is 2.08. The van der Waals surface area contributed by atoms with Crippen molar-refractivity contribution in [1.82, 2.24) is 4.90 Å². The molecule has 2 aromatic rings. The lowest BCUT2D eigenvalue weighted by Crippen LogP contribution is -2.36. The van der Waals surface area contributed by atoms with Gasteiger partial charge in [0.15, 0.2) is 6.10 Å². The monoisotopic (exact) mass is 337 g/mol. The van der Waals surface area contributed by atoms with E-state index in [1.807, 2.05) is 61.5 Å². The van der Waals surface area contributed by atoms with Gasteiger partial charge in [-0.15, -0.1) is 0 Å². The second kappa shape index (κ2) is 8.83. The fourth-order valence-electron chi connectivity index (χ4n) is 2.35. The molecule has 1 atom stereocenters. The van der Waals surface area contributed by atoms with Crippen molar-refractivity contribution in [1.29, 1.82) is 0 Å². The number of benzene rings is 2. The molecule has 0 fully saturated rings. The standard InChI is InChI=1S/C21H23NO3/c1-16-9-11-18(12-10-16)13-14-20(23)25-17(2)21(24)22(3)15-19-7-5-4-6-8-19/h4-14,17H,15H2,1-3H3/b14-13+/t17-/m0/s1. The van der Waals surface area contributed by atoms with Crippen LogP contribution in [0.3, 0.4) is 0 Å². The molecule has 0 aliphatic carbocycles. The third-order valence-corrected chi connectivity index (χ3v) is 3.77. The van der Waals surface area contributed by atoms with E-state index in [4.69, 9.17) is 4.74 Å². The van der Waals surface area contributed by atoms with Crippen molar-refractivity contribution in [2.75, 3.05) is 7.05 Å². The predicted octanol–water partition coefficient (Wildman–Crippen LogP) is 3.60. The van der Waals surface area contributed by atoms with Crippen LogP contribution in [-0.4, -0.2) is 29.9 Å². The van der Waals surface area contributed by atoms with Gasteiger partial charge in [-0.25, -0.2) is 4.79 Å². The zero-order chi connectivity index (χ0) is 18.2. The molecule has 0 saturated heterocycles. The average molecular weight is 337 g/mol. The quantitative estimate of drug-likeness (QED) is 0.598. The van der Waals surface area contributed by atoms with E-state index in [9.17, 15) is 9.59 Å². The highest BCUT2D eigenvalue weighted by atomic mass is 16.5. The maximum atomic E-state index is 12.3. The van der Waals surface area contributed by atoms with E-state index in [0.717, 1.165) is 16.7 Å². The highest BCUT2D eigenvalue weighted by Gasteiger charge is 2.20. The molecule has 0 unspecified atom stereocenters. The molecule has 2 rings (SSSR count). The Labute approximate surface area is 148 Å². The number of amides is 1. The van der Waals surface area contributed by atoms with Crippen LogP contribution < -0.4 is 0 Å². The Morgan fingerprint density at radius 2 is 1.72 bits per heavy atom. The van der Waals surface area contributed by atoms with Crippen molar-refractivity contribution < 1.29 is 14.3 Å². The SMILES string of the molecule is Cc1ccc(/C=C/C(=O)O[C@@H](C)C(=O)N(C)Cc2ccccc2)cc1. The second-order valence-electron chi connectivity index (χ2n) is 6.00. The summed E-state index contributed by atoms with van der Waals surface area (Å²) in [5.74, 6) is -0.768. The number of hydrogen-bond donors (Lipinski definition) is 0. The summed E-state index contributed by atoms with van der Waals surface area (Å²) in [4.78, 5) is 25.8. The fraction of sp³-hybridized carbons (Fsp3) is 0.238. The molecule has 2 aromatic carbocycles. The molecule has 0 spiro atoms. The number of esters is 1. The molecule has 0 aliphatic heterocycles. The molecule has 4 nitrogen and oxygen atoms in total. The molecule has 0 N–H and O–H groups in total. The Kier molecular flexibility index (Phi) is 6.52. The van der Waals surface area contributed by atoms with Crippen molar-refractivity contribution in [2.24, 2.45) is 0 Å². The Hall–Kier alpha value is -2.88. The number of carbonyl (C=O) groups excluding carboxylic acids is 2. The van der Waals surface area contributed by atoms with Gasteiger partial charge in [-0.3, -0.25) is 4.79 Å². The van der Waals surface area contributed by atoms with Crippen LogP contribution in [0, 0.1) is 6.92 Å². The van der Waals surface area contributed by atoms with Crippen molar-refractivity contribution >= 4 is 18.0 Å². The summed E-state index contributed by atoms with van der Waals surface area (Å²) in [6.07, 6.45) is 2.18. The van der Waals surface area contributed by atoms with Crippen molar-refractivity contribution in [2.45, 2.75) is 26.5 Å². The van der Waals surface area contributed by atoms with Gasteiger partial charge in [0.05, 0.1) is 0 Å². The minimum absolute atomic E-state index is 0.235. The largest absolute Gasteiger partial charge is 0.449 e. The summed E-state index contributed by atoms with van der Waals surface area (Å²) in [6, 6.07) is 17.4. The lowest BCUT2D eigenvalue weighted by molar-refractivity contribution is -0.154. The van der Waals surface area contributed by atoms with Gasteiger partial charge in [0.1, 0.15) is 0 Å². The molecule has 0 aromatic heterocycles. The van der Waals surface area contributed by atoms with E-state index in [2.05, 4.69) is 0 Å². The Balaban J connectivity index is 1.87. The van der Waals surface area contributed by atoms with Crippen LogP contribution in [0.2, 0.25) is 0 Å². The molecule has 0 radical (unpaired) electrons. The number of carbonyl (C=O) groups is 2. The first-order valence-electron chi connectivity index (χ1n) is 8.20. The van der Waals surface area contributed by atoms with Gasteiger partial charge >= 0.3 is 5.97 Å².